The van der Waals surface area contributed by atoms with Crippen LogP contribution in [0.5, 0.6) is 0 Å². The van der Waals surface area contributed by atoms with Gasteiger partial charge in [-0.15, -0.1) is 0 Å². The van der Waals surface area contributed by atoms with Crippen LogP contribution in [0.1, 0.15) is 32.6 Å². The summed E-state index contributed by atoms with van der Waals surface area (Å²) in [6, 6.07) is 0.724. The van der Waals surface area contributed by atoms with Gasteiger partial charge in [-0.2, -0.15) is 0 Å². The van der Waals surface area contributed by atoms with E-state index >= 15 is 0 Å². The van der Waals surface area contributed by atoms with Crippen molar-refractivity contribution in [1.29, 1.82) is 0 Å². The van der Waals surface area contributed by atoms with E-state index in [1.165, 1.54) is 25.9 Å². The molecule has 3 fully saturated rings. The first kappa shape index (κ1) is 13.2. The number of likely N-dealkylation sites (tertiary alicyclic amines) is 2. The van der Waals surface area contributed by atoms with Crippen molar-refractivity contribution in [2.45, 2.75) is 44.2 Å². The van der Waals surface area contributed by atoms with Crippen molar-refractivity contribution in [3.63, 3.8) is 0 Å². The number of likely N-dealkylation sites (N-methyl/N-ethyl adjacent to an activating group) is 1. The van der Waals surface area contributed by atoms with Gasteiger partial charge < -0.3 is 14.4 Å². The number of hydrogen-bond acceptors (Lipinski definition) is 5. The van der Waals surface area contributed by atoms with Crippen LogP contribution in [0, 0.1) is 0 Å². The van der Waals surface area contributed by atoms with E-state index in [9.17, 15) is 4.79 Å². The summed E-state index contributed by atoms with van der Waals surface area (Å²) >= 11 is 0. The first-order valence-corrected chi connectivity index (χ1v) is 7.53. The lowest BCUT2D eigenvalue weighted by Crippen LogP contribution is -2.49. The van der Waals surface area contributed by atoms with E-state index in [0.29, 0.717) is 6.61 Å². The average molecular weight is 268 g/mol. The van der Waals surface area contributed by atoms with Crippen LogP contribution >= 0.6 is 0 Å². The molecule has 0 aliphatic carbocycles. The maximum Gasteiger partial charge on any atom is 0.509 e. The van der Waals surface area contributed by atoms with Gasteiger partial charge in [-0.1, -0.05) is 6.92 Å². The smallest absolute Gasteiger partial charge is 0.430 e. The Morgan fingerprint density at radius 3 is 2.74 bits per heavy atom. The molecule has 0 amide bonds. The third kappa shape index (κ3) is 2.72. The number of hydrogen-bond donors (Lipinski definition) is 0. The fraction of sp³-hybridized carbons (Fsp3) is 0.929. The van der Waals surface area contributed by atoms with Gasteiger partial charge in [0.05, 0.1) is 0 Å². The van der Waals surface area contributed by atoms with Crippen molar-refractivity contribution < 1.29 is 14.3 Å². The zero-order valence-corrected chi connectivity index (χ0v) is 11.8. The van der Waals surface area contributed by atoms with Gasteiger partial charge >= 0.3 is 6.16 Å². The van der Waals surface area contributed by atoms with Crippen LogP contribution in [0.15, 0.2) is 0 Å². The van der Waals surface area contributed by atoms with Gasteiger partial charge in [0.1, 0.15) is 6.61 Å². The van der Waals surface area contributed by atoms with Crippen LogP contribution in [0.3, 0.4) is 0 Å². The van der Waals surface area contributed by atoms with E-state index < -0.39 is 6.16 Å². The minimum absolute atomic E-state index is 0.312. The highest BCUT2D eigenvalue weighted by molar-refractivity contribution is 5.62. The second-order valence-corrected chi connectivity index (χ2v) is 6.05. The zero-order valence-electron chi connectivity index (χ0n) is 11.8. The Balaban J connectivity index is 1.49. The Labute approximate surface area is 114 Å². The van der Waals surface area contributed by atoms with Crippen LogP contribution in [0.25, 0.3) is 0 Å². The topological polar surface area (TPSA) is 42.0 Å². The van der Waals surface area contributed by atoms with Crippen molar-refractivity contribution >= 4 is 6.16 Å². The van der Waals surface area contributed by atoms with Crippen LogP contribution in [-0.2, 0) is 9.47 Å². The van der Waals surface area contributed by atoms with Crippen LogP contribution in [0.4, 0.5) is 4.79 Å². The molecule has 5 heteroatoms. The molecule has 3 aliphatic heterocycles. The number of nitrogens with zero attached hydrogens (tertiary/aromatic N) is 2. The van der Waals surface area contributed by atoms with Gasteiger partial charge in [-0.25, -0.2) is 4.79 Å². The summed E-state index contributed by atoms with van der Waals surface area (Å²) in [6.45, 7) is 8.31. The third-order valence-electron chi connectivity index (χ3n) is 4.89. The minimum Gasteiger partial charge on any atom is -0.430 e. The molecule has 3 aliphatic rings. The van der Waals surface area contributed by atoms with Gasteiger partial charge in [-0.05, 0) is 25.9 Å². The first-order chi connectivity index (χ1) is 9.21. The molecule has 3 saturated heterocycles. The van der Waals surface area contributed by atoms with Crippen molar-refractivity contribution in [3.05, 3.63) is 0 Å². The average Bonchev–Trinajstić information content (AvgIpc) is 3.00. The Hall–Kier alpha value is -0.810. The highest BCUT2D eigenvalue weighted by Gasteiger charge is 2.45. The minimum atomic E-state index is -0.485. The highest BCUT2D eigenvalue weighted by atomic mass is 16.8. The van der Waals surface area contributed by atoms with Crippen molar-refractivity contribution in [2.24, 2.45) is 0 Å². The molecule has 0 bridgehead atoms. The van der Waals surface area contributed by atoms with Crippen LogP contribution in [0.2, 0.25) is 0 Å². The number of carbonyl (C=O) groups is 1. The van der Waals surface area contributed by atoms with Crippen molar-refractivity contribution in [3.8, 4) is 0 Å². The highest BCUT2D eigenvalue weighted by Crippen LogP contribution is 2.32. The predicted molar refractivity (Wildman–Crippen MR) is 71.1 cm³/mol. The van der Waals surface area contributed by atoms with Crippen LogP contribution in [-0.4, -0.2) is 66.9 Å². The monoisotopic (exact) mass is 268 g/mol. The second kappa shape index (κ2) is 5.29. The van der Waals surface area contributed by atoms with E-state index in [-0.39, 0.29) is 5.60 Å². The van der Waals surface area contributed by atoms with Crippen molar-refractivity contribution in [2.75, 3.05) is 39.3 Å². The van der Waals surface area contributed by atoms with Gasteiger partial charge in [0.15, 0.2) is 5.60 Å². The maximum atomic E-state index is 11.1. The zero-order chi connectivity index (χ0) is 13.3. The summed E-state index contributed by atoms with van der Waals surface area (Å²) in [5, 5.41) is 0. The van der Waals surface area contributed by atoms with Gasteiger partial charge in [0.2, 0.25) is 0 Å². The second-order valence-electron chi connectivity index (χ2n) is 6.05. The van der Waals surface area contributed by atoms with Crippen LogP contribution < -0.4 is 0 Å². The Kier molecular flexibility index (Phi) is 3.67. The lowest BCUT2D eigenvalue weighted by atomic mass is 9.92. The van der Waals surface area contributed by atoms with E-state index in [4.69, 9.17) is 9.47 Å². The van der Waals surface area contributed by atoms with Crippen molar-refractivity contribution in [1.82, 2.24) is 9.80 Å². The molecule has 0 aromatic rings. The summed E-state index contributed by atoms with van der Waals surface area (Å²) in [7, 11) is 0. The fourth-order valence-electron chi connectivity index (χ4n) is 3.63. The Morgan fingerprint density at radius 2 is 2.11 bits per heavy atom. The molecule has 0 N–H and O–H groups in total. The molecule has 108 valence electrons. The quantitative estimate of drug-likeness (QED) is 0.725. The molecule has 0 radical (unpaired) electrons. The molecular weight excluding hydrogens is 244 g/mol. The molecule has 19 heavy (non-hydrogen) atoms. The molecule has 1 spiro atoms. The molecule has 1 atom stereocenters. The number of ether oxygens (including phenoxy) is 2. The third-order valence-corrected chi connectivity index (χ3v) is 4.89. The molecule has 3 heterocycles. The van der Waals surface area contributed by atoms with E-state index in [1.54, 1.807) is 0 Å². The summed E-state index contributed by atoms with van der Waals surface area (Å²) in [4.78, 5) is 16.2. The lowest BCUT2D eigenvalue weighted by molar-refractivity contribution is -0.00439. The molecule has 0 aromatic heterocycles. The number of rotatable bonds is 3. The van der Waals surface area contributed by atoms with E-state index in [2.05, 4.69) is 16.7 Å². The fourth-order valence-corrected chi connectivity index (χ4v) is 3.63. The SMILES string of the molecule is CCN1CCCC1CN1CCC2(CC1)COC(=O)O2. The maximum absolute atomic E-state index is 11.1. The Bertz CT molecular complexity index is 340. The van der Waals surface area contributed by atoms with Gasteiger partial charge in [0.25, 0.3) is 0 Å². The van der Waals surface area contributed by atoms with E-state index in [0.717, 1.165) is 38.5 Å². The Morgan fingerprint density at radius 1 is 1.32 bits per heavy atom. The number of cyclic esters (lactones) is 1. The predicted octanol–water partition coefficient (Wildman–Crippen LogP) is 1.47. The van der Waals surface area contributed by atoms with Gasteiger partial charge in [0, 0.05) is 38.5 Å². The van der Waals surface area contributed by atoms with E-state index in [1.807, 2.05) is 0 Å². The normalized spacial score (nSPS) is 31.6. The standard InChI is InChI=1S/C14H24N2O3/c1-2-16-7-3-4-12(16)10-15-8-5-14(6-9-15)11-18-13(17)19-14/h12H,2-11H2,1H3. The summed E-state index contributed by atoms with van der Waals surface area (Å²) in [5.41, 5.74) is -0.312. The molecule has 0 aromatic carbocycles. The molecular formula is C14H24N2O3. The summed E-state index contributed by atoms with van der Waals surface area (Å²) in [5.74, 6) is 0. The van der Waals surface area contributed by atoms with Gasteiger partial charge in [-0.3, -0.25) is 4.90 Å². The number of carbonyl (C=O) groups excluding carboxylic acids is 1. The lowest BCUT2D eigenvalue weighted by Gasteiger charge is -2.38. The first-order valence-electron chi connectivity index (χ1n) is 7.53. The molecule has 3 rings (SSSR count). The summed E-state index contributed by atoms with van der Waals surface area (Å²) in [6.07, 6.45) is 4.01. The molecule has 5 nitrogen and oxygen atoms in total. The largest absolute Gasteiger partial charge is 0.509 e. The molecule has 1 unspecified atom stereocenters. The molecule has 0 saturated carbocycles. The summed E-state index contributed by atoms with van der Waals surface area (Å²) < 4.78 is 10.3. The number of piperidine rings is 1.